The number of allylic oxidation sites excluding steroid dienone is 20. The van der Waals surface area contributed by atoms with Gasteiger partial charge >= 0.3 is 17.9 Å². The summed E-state index contributed by atoms with van der Waals surface area (Å²) in [6.45, 7) is 6.48. The molecule has 0 saturated heterocycles. The van der Waals surface area contributed by atoms with Crippen molar-refractivity contribution in [2.75, 3.05) is 13.2 Å². The fourth-order valence-corrected chi connectivity index (χ4v) is 8.62. The van der Waals surface area contributed by atoms with E-state index in [1.807, 2.05) is 0 Å². The van der Waals surface area contributed by atoms with Gasteiger partial charge in [0.1, 0.15) is 13.2 Å². The molecule has 0 heterocycles. The van der Waals surface area contributed by atoms with Crippen molar-refractivity contribution in [1.29, 1.82) is 0 Å². The Morgan fingerprint density at radius 3 is 0.831 bits per heavy atom. The van der Waals surface area contributed by atoms with E-state index in [2.05, 4.69) is 142 Å². The molecule has 0 spiro atoms. The minimum Gasteiger partial charge on any atom is -0.462 e. The zero-order chi connectivity index (χ0) is 55.7. The highest BCUT2D eigenvalue weighted by atomic mass is 16.6. The molecule has 77 heavy (non-hydrogen) atoms. The van der Waals surface area contributed by atoms with Crippen LogP contribution in [0.2, 0.25) is 0 Å². The van der Waals surface area contributed by atoms with E-state index in [0.717, 1.165) is 116 Å². The monoisotopic (exact) mass is 1070 g/mol. The van der Waals surface area contributed by atoms with Crippen molar-refractivity contribution in [2.45, 2.75) is 297 Å². The second-order valence-electron chi connectivity index (χ2n) is 20.9. The van der Waals surface area contributed by atoms with Gasteiger partial charge in [-0.2, -0.15) is 0 Å². The first-order chi connectivity index (χ1) is 38.0. The summed E-state index contributed by atoms with van der Waals surface area (Å²) >= 11 is 0. The maximum atomic E-state index is 12.9. The van der Waals surface area contributed by atoms with Gasteiger partial charge in [-0.15, -0.1) is 0 Å². The van der Waals surface area contributed by atoms with Gasteiger partial charge in [-0.25, -0.2) is 0 Å². The average molecular weight is 1070 g/mol. The van der Waals surface area contributed by atoms with E-state index in [-0.39, 0.29) is 31.1 Å². The molecule has 0 rings (SSSR count). The van der Waals surface area contributed by atoms with E-state index < -0.39 is 6.10 Å². The predicted molar refractivity (Wildman–Crippen MR) is 334 cm³/mol. The van der Waals surface area contributed by atoms with Crippen molar-refractivity contribution in [2.24, 2.45) is 0 Å². The topological polar surface area (TPSA) is 78.9 Å². The third-order valence-corrected chi connectivity index (χ3v) is 13.4. The minimum atomic E-state index is -0.806. The van der Waals surface area contributed by atoms with Crippen LogP contribution in [0.25, 0.3) is 0 Å². The highest BCUT2D eigenvalue weighted by molar-refractivity contribution is 5.71. The molecule has 0 aliphatic rings. The maximum absolute atomic E-state index is 12.9. The molecule has 0 bridgehead atoms. The van der Waals surface area contributed by atoms with Crippen LogP contribution in [0.1, 0.15) is 290 Å². The summed E-state index contributed by atoms with van der Waals surface area (Å²) in [6.07, 6.45) is 89.1. The lowest BCUT2D eigenvalue weighted by Gasteiger charge is -2.18. The largest absolute Gasteiger partial charge is 0.462 e. The number of carbonyl (C=O) groups excluding carboxylic acids is 3. The Bertz CT molecular complexity index is 1600. The van der Waals surface area contributed by atoms with Crippen molar-refractivity contribution in [1.82, 2.24) is 0 Å². The lowest BCUT2D eigenvalue weighted by molar-refractivity contribution is -0.167. The number of unbranched alkanes of at least 4 members (excludes halogenated alkanes) is 26. The number of hydrogen-bond donors (Lipinski definition) is 0. The summed E-state index contributed by atoms with van der Waals surface area (Å²) in [5, 5.41) is 0. The van der Waals surface area contributed by atoms with Gasteiger partial charge in [-0.05, 0) is 135 Å². The summed E-state index contributed by atoms with van der Waals surface area (Å²) in [5.41, 5.74) is 0. The molecule has 0 saturated carbocycles. The summed E-state index contributed by atoms with van der Waals surface area (Å²) < 4.78 is 16.9. The van der Waals surface area contributed by atoms with Crippen LogP contribution >= 0.6 is 0 Å². The molecule has 0 aromatic rings. The fraction of sp³-hybridized carbons (Fsp3) is 0.676. The molecule has 0 radical (unpaired) electrons. The molecule has 1 atom stereocenters. The number of rotatable bonds is 57. The molecule has 0 N–H and O–H groups in total. The zero-order valence-electron chi connectivity index (χ0n) is 50.2. The molecular weight excluding hydrogens is 949 g/mol. The van der Waals surface area contributed by atoms with Gasteiger partial charge in [-0.3, -0.25) is 14.4 Å². The standard InChI is InChI=1S/C71H118O6/c1-4-7-10-13-16-19-22-25-28-30-32-33-34-35-36-37-38-39-40-42-43-46-49-52-55-58-61-64-70(73)76-67-68(66-75-69(72)63-60-57-54-51-48-45-27-24-21-18-15-12-9-6-3)77-71(74)65-62-59-56-53-50-47-44-41-31-29-26-23-20-17-14-11-8-5-2/h7,10,16,19,24-25,27-29,31-33,35-36,38-39,42-43,49,52,68H,4-6,8-9,11-15,17-18,20-23,26,30,34,37,40-41,44-48,50-51,53-67H2,1-3H3/b10-7-,19-16-,27-24-,28-25-,31-29-,33-32-,36-35-,39-38-,43-42-,52-49-. The summed E-state index contributed by atoms with van der Waals surface area (Å²) in [6, 6.07) is 0. The number of hydrogen-bond acceptors (Lipinski definition) is 6. The SMILES string of the molecule is CC/C=C\C/C=C\C/C=C\C/C=C\C/C=C\C/C=C\C/C=C\C/C=C\CCCCC(=O)OCC(COC(=O)CCCCCCC/C=C\CCCCCCC)OC(=O)CCCCCCCCC/C=C\CCCCCCCCC. The Morgan fingerprint density at radius 2 is 0.506 bits per heavy atom. The molecule has 0 aliphatic carbocycles. The second kappa shape index (κ2) is 64.3. The lowest BCUT2D eigenvalue weighted by Crippen LogP contribution is -2.30. The molecule has 1 unspecified atom stereocenters. The van der Waals surface area contributed by atoms with Crippen LogP contribution in [0.4, 0.5) is 0 Å². The molecule has 0 aliphatic heterocycles. The third kappa shape index (κ3) is 62.5. The molecule has 0 aromatic carbocycles. The van der Waals surface area contributed by atoms with Gasteiger partial charge in [-0.1, -0.05) is 258 Å². The van der Waals surface area contributed by atoms with Crippen LogP contribution in [0.3, 0.4) is 0 Å². The summed E-state index contributed by atoms with van der Waals surface area (Å²) in [5.74, 6) is -0.953. The molecule has 0 fully saturated rings. The molecule has 6 nitrogen and oxygen atoms in total. The Balaban J connectivity index is 4.45. The average Bonchev–Trinajstić information content (AvgIpc) is 3.43. The van der Waals surface area contributed by atoms with Crippen LogP contribution < -0.4 is 0 Å². The minimum absolute atomic E-state index is 0.0995. The smallest absolute Gasteiger partial charge is 0.306 e. The normalized spacial score (nSPS) is 12.9. The van der Waals surface area contributed by atoms with E-state index >= 15 is 0 Å². The van der Waals surface area contributed by atoms with Crippen LogP contribution in [0.15, 0.2) is 122 Å². The van der Waals surface area contributed by atoms with Crippen molar-refractivity contribution in [3.05, 3.63) is 122 Å². The van der Waals surface area contributed by atoms with Crippen LogP contribution in [0.5, 0.6) is 0 Å². The lowest BCUT2D eigenvalue weighted by atomic mass is 10.1. The van der Waals surface area contributed by atoms with Crippen LogP contribution in [0, 0.1) is 0 Å². The van der Waals surface area contributed by atoms with Gasteiger partial charge in [0, 0.05) is 19.3 Å². The van der Waals surface area contributed by atoms with E-state index in [1.54, 1.807) is 0 Å². The molecule has 0 aromatic heterocycles. The quantitative estimate of drug-likeness (QED) is 0.0261. The molecule has 438 valence electrons. The first-order valence-corrected chi connectivity index (χ1v) is 32.0. The number of ether oxygens (including phenoxy) is 3. The second-order valence-corrected chi connectivity index (χ2v) is 20.9. The van der Waals surface area contributed by atoms with E-state index in [4.69, 9.17) is 14.2 Å². The summed E-state index contributed by atoms with van der Waals surface area (Å²) in [4.78, 5) is 38.3. The third-order valence-electron chi connectivity index (χ3n) is 13.4. The van der Waals surface area contributed by atoms with Gasteiger partial charge in [0.2, 0.25) is 0 Å². The van der Waals surface area contributed by atoms with Gasteiger partial charge in [0.15, 0.2) is 6.10 Å². The number of carbonyl (C=O) groups is 3. The van der Waals surface area contributed by atoms with Crippen molar-refractivity contribution >= 4 is 17.9 Å². The zero-order valence-corrected chi connectivity index (χ0v) is 50.2. The Labute approximate surface area is 475 Å². The maximum Gasteiger partial charge on any atom is 0.306 e. The van der Waals surface area contributed by atoms with E-state index in [9.17, 15) is 14.4 Å². The van der Waals surface area contributed by atoms with E-state index in [0.29, 0.717) is 25.7 Å². The highest BCUT2D eigenvalue weighted by Gasteiger charge is 2.19. The summed E-state index contributed by atoms with van der Waals surface area (Å²) in [7, 11) is 0. The first-order valence-electron chi connectivity index (χ1n) is 32.0. The van der Waals surface area contributed by atoms with Gasteiger partial charge in [0.05, 0.1) is 0 Å². The van der Waals surface area contributed by atoms with Crippen molar-refractivity contribution in [3.63, 3.8) is 0 Å². The molecule has 0 amide bonds. The fourth-order valence-electron chi connectivity index (χ4n) is 8.62. The predicted octanol–water partition coefficient (Wildman–Crippen LogP) is 22.0. The Hall–Kier alpha value is -4.19. The molecule has 6 heteroatoms. The van der Waals surface area contributed by atoms with Crippen LogP contribution in [-0.4, -0.2) is 37.2 Å². The van der Waals surface area contributed by atoms with Crippen molar-refractivity contribution in [3.8, 4) is 0 Å². The number of esters is 3. The Morgan fingerprint density at radius 1 is 0.273 bits per heavy atom. The Kier molecular flexibility index (Phi) is 60.8. The van der Waals surface area contributed by atoms with E-state index in [1.165, 1.54) is 128 Å². The highest BCUT2D eigenvalue weighted by Crippen LogP contribution is 2.15. The molecular formula is C71H118O6. The van der Waals surface area contributed by atoms with Gasteiger partial charge < -0.3 is 14.2 Å². The van der Waals surface area contributed by atoms with Crippen LogP contribution in [-0.2, 0) is 28.6 Å². The van der Waals surface area contributed by atoms with Crippen molar-refractivity contribution < 1.29 is 28.6 Å². The first kappa shape index (κ1) is 72.8. The van der Waals surface area contributed by atoms with Gasteiger partial charge in [0.25, 0.3) is 0 Å².